The molecule has 2 atom stereocenters. The lowest BCUT2D eigenvalue weighted by atomic mass is 10.1. The molecule has 1 aliphatic carbocycles. The molecule has 0 spiro atoms. The Morgan fingerprint density at radius 3 is 2.28 bits per heavy atom. The number of amides is 1. The normalized spacial score (nSPS) is 19.5. The molecule has 1 amide bonds. The van der Waals surface area contributed by atoms with E-state index in [4.69, 9.17) is 0 Å². The quantitative estimate of drug-likeness (QED) is 0.800. The molecule has 1 N–H and O–H groups in total. The van der Waals surface area contributed by atoms with Crippen LogP contribution in [0.15, 0.2) is 48.5 Å². The van der Waals surface area contributed by atoms with Gasteiger partial charge in [0, 0.05) is 12.5 Å². The maximum Gasteiger partial charge on any atom is 0.416 e. The van der Waals surface area contributed by atoms with Crippen molar-refractivity contribution in [2.75, 3.05) is 6.54 Å². The fourth-order valence-corrected chi connectivity index (χ4v) is 2.88. The van der Waals surface area contributed by atoms with Gasteiger partial charge in [-0.05, 0) is 54.2 Å². The van der Waals surface area contributed by atoms with E-state index in [2.05, 4.69) is 5.32 Å². The van der Waals surface area contributed by atoms with E-state index >= 15 is 0 Å². The number of hydrogen-bond acceptors (Lipinski definition) is 1. The minimum absolute atomic E-state index is 0.0683. The Hall–Kier alpha value is -2.37. The summed E-state index contributed by atoms with van der Waals surface area (Å²) in [4.78, 5) is 12.1. The summed E-state index contributed by atoms with van der Waals surface area (Å²) in [6, 6.07) is 11.1. The minimum Gasteiger partial charge on any atom is -0.356 e. The lowest BCUT2D eigenvalue weighted by Gasteiger charge is -2.08. The van der Waals surface area contributed by atoms with Crippen LogP contribution < -0.4 is 5.32 Å². The molecule has 0 aromatic heterocycles. The van der Waals surface area contributed by atoms with Gasteiger partial charge in [0.05, 0.1) is 5.56 Å². The van der Waals surface area contributed by atoms with Crippen molar-refractivity contribution in [3.05, 3.63) is 71.0 Å². The van der Waals surface area contributed by atoms with E-state index in [0.29, 0.717) is 13.0 Å². The van der Waals surface area contributed by atoms with E-state index in [1.165, 1.54) is 24.3 Å². The van der Waals surface area contributed by atoms with Crippen LogP contribution in [0, 0.1) is 11.7 Å². The highest BCUT2D eigenvalue weighted by Gasteiger charge is 2.43. The van der Waals surface area contributed by atoms with E-state index in [0.717, 1.165) is 29.7 Å². The molecule has 0 bridgehead atoms. The largest absolute Gasteiger partial charge is 0.416 e. The van der Waals surface area contributed by atoms with Gasteiger partial charge in [-0.15, -0.1) is 0 Å². The fourth-order valence-electron chi connectivity index (χ4n) is 2.88. The number of rotatable bonds is 5. The molecule has 0 aliphatic heterocycles. The van der Waals surface area contributed by atoms with Gasteiger partial charge in [0.2, 0.25) is 5.91 Å². The Labute approximate surface area is 142 Å². The minimum atomic E-state index is -4.34. The van der Waals surface area contributed by atoms with E-state index in [-0.39, 0.29) is 23.6 Å². The third kappa shape index (κ3) is 4.38. The molecule has 0 heterocycles. The van der Waals surface area contributed by atoms with Crippen LogP contribution in [0.4, 0.5) is 17.6 Å². The van der Waals surface area contributed by atoms with Crippen LogP contribution in [0.3, 0.4) is 0 Å². The van der Waals surface area contributed by atoms with Crippen LogP contribution >= 0.6 is 0 Å². The lowest BCUT2D eigenvalue weighted by Crippen LogP contribution is -2.27. The summed E-state index contributed by atoms with van der Waals surface area (Å²) in [5.41, 5.74) is 1.00. The summed E-state index contributed by atoms with van der Waals surface area (Å²) < 4.78 is 50.4. The first-order valence-electron chi connectivity index (χ1n) is 8.04. The van der Waals surface area contributed by atoms with Crippen molar-refractivity contribution in [1.29, 1.82) is 0 Å². The molecule has 3 rings (SSSR count). The van der Waals surface area contributed by atoms with E-state index in [1.54, 1.807) is 12.1 Å². The van der Waals surface area contributed by atoms with Gasteiger partial charge >= 0.3 is 6.18 Å². The highest BCUT2D eigenvalue weighted by molar-refractivity contribution is 5.82. The zero-order valence-corrected chi connectivity index (χ0v) is 13.3. The molecule has 2 aromatic carbocycles. The van der Waals surface area contributed by atoms with Crippen LogP contribution in [0.25, 0.3) is 0 Å². The number of alkyl halides is 3. The highest BCUT2D eigenvalue weighted by Crippen LogP contribution is 2.47. The van der Waals surface area contributed by atoms with Crippen molar-refractivity contribution < 1.29 is 22.4 Å². The predicted octanol–water partition coefficient (Wildman–Crippen LogP) is 4.31. The van der Waals surface area contributed by atoms with Gasteiger partial charge in [-0.3, -0.25) is 4.79 Å². The van der Waals surface area contributed by atoms with Crippen molar-refractivity contribution in [3.63, 3.8) is 0 Å². The Balaban J connectivity index is 1.45. The first kappa shape index (κ1) is 17.5. The second kappa shape index (κ2) is 6.86. The number of benzene rings is 2. The van der Waals surface area contributed by atoms with Crippen LogP contribution in [0.2, 0.25) is 0 Å². The molecule has 25 heavy (non-hydrogen) atoms. The first-order valence-corrected chi connectivity index (χ1v) is 8.04. The average Bonchev–Trinajstić information content (AvgIpc) is 3.36. The molecule has 2 aromatic rings. The number of nitrogens with one attached hydrogen (secondary N) is 1. The Morgan fingerprint density at radius 2 is 1.68 bits per heavy atom. The summed E-state index contributed by atoms with van der Waals surface area (Å²) in [5, 5.41) is 2.81. The number of carbonyl (C=O) groups is 1. The van der Waals surface area contributed by atoms with E-state index in [9.17, 15) is 22.4 Å². The van der Waals surface area contributed by atoms with Gasteiger partial charge in [0.25, 0.3) is 0 Å². The molecule has 2 unspecified atom stereocenters. The topological polar surface area (TPSA) is 29.1 Å². The second-order valence-electron chi connectivity index (χ2n) is 6.24. The Morgan fingerprint density at radius 1 is 1.04 bits per heavy atom. The van der Waals surface area contributed by atoms with Crippen molar-refractivity contribution in [2.24, 2.45) is 5.92 Å². The molecule has 1 saturated carbocycles. The molecular weight excluding hydrogens is 334 g/mol. The van der Waals surface area contributed by atoms with Gasteiger partial charge in [0.15, 0.2) is 0 Å². The summed E-state index contributed by atoms with van der Waals surface area (Å²) in [6.07, 6.45) is -3.14. The first-order chi connectivity index (χ1) is 11.8. The van der Waals surface area contributed by atoms with Crippen LogP contribution in [0.1, 0.15) is 29.0 Å². The molecule has 1 aliphatic rings. The van der Waals surface area contributed by atoms with Gasteiger partial charge in [-0.2, -0.15) is 13.2 Å². The van der Waals surface area contributed by atoms with Gasteiger partial charge in [0.1, 0.15) is 5.82 Å². The molecule has 132 valence electrons. The Kier molecular flexibility index (Phi) is 4.79. The monoisotopic (exact) mass is 351 g/mol. The van der Waals surface area contributed by atoms with Crippen molar-refractivity contribution >= 4 is 5.91 Å². The SMILES string of the molecule is O=C(NCCc1ccc(C(F)(F)F)cc1)C1CC1c1ccc(F)cc1. The van der Waals surface area contributed by atoms with Crippen molar-refractivity contribution in [1.82, 2.24) is 5.32 Å². The maximum absolute atomic E-state index is 12.9. The number of halogens is 4. The molecule has 1 fully saturated rings. The molecule has 2 nitrogen and oxygen atoms in total. The van der Waals surface area contributed by atoms with Crippen molar-refractivity contribution in [2.45, 2.75) is 24.9 Å². The van der Waals surface area contributed by atoms with E-state index < -0.39 is 11.7 Å². The zero-order valence-electron chi connectivity index (χ0n) is 13.3. The summed E-state index contributed by atoms with van der Waals surface area (Å²) in [5.74, 6) is -0.368. The van der Waals surface area contributed by atoms with Crippen molar-refractivity contribution in [3.8, 4) is 0 Å². The standard InChI is InChI=1S/C19H17F4NO/c20-15-7-3-13(4-8-15)16-11-17(16)18(25)24-10-9-12-1-5-14(6-2-12)19(21,22)23/h1-8,16-17H,9-11H2,(H,24,25). The second-order valence-corrected chi connectivity index (χ2v) is 6.24. The maximum atomic E-state index is 12.9. The average molecular weight is 351 g/mol. The third-order valence-electron chi connectivity index (χ3n) is 4.42. The van der Waals surface area contributed by atoms with Crippen LogP contribution in [0.5, 0.6) is 0 Å². The molecule has 6 heteroatoms. The highest BCUT2D eigenvalue weighted by atomic mass is 19.4. The van der Waals surface area contributed by atoms with Gasteiger partial charge in [-0.1, -0.05) is 24.3 Å². The van der Waals surface area contributed by atoms with Gasteiger partial charge < -0.3 is 5.32 Å². The third-order valence-corrected chi connectivity index (χ3v) is 4.42. The van der Waals surface area contributed by atoms with E-state index in [1.807, 2.05) is 0 Å². The summed E-state index contributed by atoms with van der Waals surface area (Å²) in [6.45, 7) is 0.372. The lowest BCUT2D eigenvalue weighted by molar-refractivity contribution is -0.137. The smallest absolute Gasteiger partial charge is 0.356 e. The van der Waals surface area contributed by atoms with Crippen LogP contribution in [-0.2, 0) is 17.4 Å². The molecular formula is C19H17F4NO. The van der Waals surface area contributed by atoms with Gasteiger partial charge in [-0.25, -0.2) is 4.39 Å². The fraction of sp³-hybridized carbons (Fsp3) is 0.316. The predicted molar refractivity (Wildman–Crippen MR) is 85.4 cm³/mol. The molecule has 0 radical (unpaired) electrons. The summed E-state index contributed by atoms with van der Waals surface area (Å²) in [7, 11) is 0. The number of hydrogen-bond donors (Lipinski definition) is 1. The summed E-state index contributed by atoms with van der Waals surface area (Å²) >= 11 is 0. The van der Waals surface area contributed by atoms with Crippen LogP contribution in [-0.4, -0.2) is 12.5 Å². The molecule has 0 saturated heterocycles. The Bertz CT molecular complexity index is 738. The number of carbonyl (C=O) groups excluding carboxylic acids is 1. The zero-order chi connectivity index (χ0) is 18.0.